The first-order valence-corrected chi connectivity index (χ1v) is 10.00. The van der Waals surface area contributed by atoms with Crippen LogP contribution < -0.4 is 15.4 Å². The summed E-state index contributed by atoms with van der Waals surface area (Å²) < 4.78 is 10.5. The largest absolute Gasteiger partial charge is 0.492 e. The number of rotatable bonds is 11. The highest BCUT2D eigenvalue weighted by Crippen LogP contribution is 2.27. The molecular weight excluding hydrogens is 415 g/mol. The van der Waals surface area contributed by atoms with Gasteiger partial charge in [-0.25, -0.2) is 0 Å². The fourth-order valence-electron chi connectivity index (χ4n) is 2.49. The van der Waals surface area contributed by atoms with Crippen LogP contribution in [0, 0.1) is 0 Å². The minimum atomic E-state index is -0.189. The van der Waals surface area contributed by atoms with E-state index in [0.29, 0.717) is 53.2 Å². The number of anilines is 1. The Morgan fingerprint density at radius 1 is 1.03 bits per heavy atom. The van der Waals surface area contributed by atoms with Gasteiger partial charge in [-0.2, -0.15) is 0 Å². The van der Waals surface area contributed by atoms with E-state index in [1.54, 1.807) is 49.6 Å². The lowest BCUT2D eigenvalue weighted by atomic mass is 10.2. The van der Waals surface area contributed by atoms with Crippen molar-refractivity contribution in [2.24, 2.45) is 0 Å². The highest BCUT2D eigenvalue weighted by Gasteiger charge is 2.08. The van der Waals surface area contributed by atoms with E-state index in [1.807, 2.05) is 0 Å². The van der Waals surface area contributed by atoms with E-state index in [9.17, 15) is 9.59 Å². The number of hydrogen-bond donors (Lipinski definition) is 2. The molecule has 2 aromatic carbocycles. The first-order valence-electron chi connectivity index (χ1n) is 9.24. The third-order valence-electron chi connectivity index (χ3n) is 3.92. The van der Waals surface area contributed by atoms with Crippen molar-refractivity contribution in [3.8, 4) is 5.75 Å². The van der Waals surface area contributed by atoms with E-state index in [4.69, 9.17) is 32.7 Å². The number of ether oxygens (including phenoxy) is 2. The smallest absolute Gasteiger partial charge is 0.251 e. The zero-order valence-electron chi connectivity index (χ0n) is 16.2. The van der Waals surface area contributed by atoms with Gasteiger partial charge in [-0.05, 0) is 49.2 Å². The van der Waals surface area contributed by atoms with Crippen molar-refractivity contribution in [3.63, 3.8) is 0 Å². The molecule has 2 rings (SSSR count). The molecule has 0 radical (unpaired) electrons. The number of carbonyl (C=O) groups is 2. The topological polar surface area (TPSA) is 76.7 Å². The van der Waals surface area contributed by atoms with Gasteiger partial charge in [0.25, 0.3) is 5.91 Å². The van der Waals surface area contributed by atoms with Crippen LogP contribution in [0.4, 0.5) is 5.69 Å². The fraction of sp³-hybridized carbons (Fsp3) is 0.333. The summed E-state index contributed by atoms with van der Waals surface area (Å²) >= 11 is 11.9. The molecule has 0 heterocycles. The molecule has 0 atom stereocenters. The van der Waals surface area contributed by atoms with Gasteiger partial charge in [0, 0.05) is 43.0 Å². The number of nitrogens with one attached hydrogen (secondary N) is 2. The first-order chi connectivity index (χ1) is 14.0. The first kappa shape index (κ1) is 23.0. The molecule has 156 valence electrons. The van der Waals surface area contributed by atoms with Crippen LogP contribution >= 0.6 is 23.2 Å². The maximum Gasteiger partial charge on any atom is 0.251 e. The number of methoxy groups -OCH3 is 1. The summed E-state index contributed by atoms with van der Waals surface area (Å²) in [5.74, 6) is 0.180. The Hall–Kier alpha value is -2.28. The van der Waals surface area contributed by atoms with Crippen LogP contribution in [-0.2, 0) is 9.53 Å². The zero-order chi connectivity index (χ0) is 21.1. The zero-order valence-corrected chi connectivity index (χ0v) is 17.7. The summed E-state index contributed by atoms with van der Waals surface area (Å²) in [5, 5.41) is 6.57. The van der Waals surface area contributed by atoms with Crippen LogP contribution in [0.5, 0.6) is 5.75 Å². The molecule has 0 saturated heterocycles. The number of benzene rings is 2. The predicted octanol–water partition coefficient (Wildman–Crippen LogP) is 4.56. The molecular formula is C21H24Cl2N2O4. The predicted molar refractivity (Wildman–Crippen MR) is 115 cm³/mol. The van der Waals surface area contributed by atoms with Gasteiger partial charge in [0.2, 0.25) is 5.91 Å². The van der Waals surface area contributed by atoms with Crippen LogP contribution in [0.15, 0.2) is 42.5 Å². The number of amides is 2. The van der Waals surface area contributed by atoms with Crippen molar-refractivity contribution < 1.29 is 19.1 Å². The molecule has 6 nitrogen and oxygen atoms in total. The number of carbonyl (C=O) groups excluding carboxylic acids is 2. The van der Waals surface area contributed by atoms with Crippen molar-refractivity contribution in [2.75, 3.05) is 32.2 Å². The molecule has 2 N–H and O–H groups in total. The highest BCUT2D eigenvalue weighted by molar-refractivity contribution is 6.35. The molecule has 0 aliphatic heterocycles. The Kier molecular flexibility index (Phi) is 9.77. The maximum atomic E-state index is 12.1. The van der Waals surface area contributed by atoms with Gasteiger partial charge in [-0.15, -0.1) is 0 Å². The third-order valence-corrected chi connectivity index (χ3v) is 4.45. The van der Waals surface area contributed by atoms with Crippen molar-refractivity contribution >= 4 is 40.7 Å². The minimum Gasteiger partial charge on any atom is -0.492 e. The minimum absolute atomic E-state index is 0.159. The summed E-state index contributed by atoms with van der Waals surface area (Å²) in [6, 6.07) is 11.8. The summed E-state index contributed by atoms with van der Waals surface area (Å²) in [7, 11) is 1.62. The van der Waals surface area contributed by atoms with Gasteiger partial charge in [0.15, 0.2) is 0 Å². The van der Waals surface area contributed by atoms with Crippen LogP contribution in [-0.4, -0.2) is 38.7 Å². The van der Waals surface area contributed by atoms with E-state index in [0.717, 1.165) is 6.42 Å². The normalized spacial score (nSPS) is 10.4. The lowest BCUT2D eigenvalue weighted by molar-refractivity contribution is -0.116. The van der Waals surface area contributed by atoms with Crippen molar-refractivity contribution in [1.29, 1.82) is 0 Å². The fourth-order valence-corrected chi connectivity index (χ4v) is 2.95. The summed E-state index contributed by atoms with van der Waals surface area (Å²) in [6.07, 6.45) is 1.53. The quantitative estimate of drug-likeness (QED) is 0.504. The average Bonchev–Trinajstić information content (AvgIpc) is 2.70. The number of hydrogen-bond acceptors (Lipinski definition) is 4. The standard InChI is InChI=1S/C21H24Cl2N2O4/c1-28-11-4-10-24-21(27)15-5-2-6-17(13-15)25-20(26)7-3-12-29-19-9-8-16(22)14-18(19)23/h2,5-6,8-9,13-14H,3-4,7,10-12H2,1H3,(H,24,27)(H,25,26). The Morgan fingerprint density at radius 2 is 1.86 bits per heavy atom. The van der Waals surface area contributed by atoms with Crippen LogP contribution in [0.2, 0.25) is 10.0 Å². The van der Waals surface area contributed by atoms with E-state index < -0.39 is 0 Å². The molecule has 0 saturated carbocycles. The average molecular weight is 439 g/mol. The second kappa shape index (κ2) is 12.3. The summed E-state index contributed by atoms with van der Waals surface area (Å²) in [4.78, 5) is 24.3. The Balaban J connectivity index is 1.75. The Labute approximate surface area is 180 Å². The van der Waals surface area contributed by atoms with E-state index >= 15 is 0 Å². The SMILES string of the molecule is COCCCNC(=O)c1cccc(NC(=O)CCCOc2ccc(Cl)cc2Cl)c1. The second-order valence-corrected chi connectivity index (χ2v) is 7.10. The lowest BCUT2D eigenvalue weighted by Gasteiger charge is -2.10. The highest BCUT2D eigenvalue weighted by atomic mass is 35.5. The van der Waals surface area contributed by atoms with Crippen LogP contribution in [0.3, 0.4) is 0 Å². The molecule has 8 heteroatoms. The number of halogens is 2. The molecule has 29 heavy (non-hydrogen) atoms. The molecule has 2 amide bonds. The molecule has 0 aromatic heterocycles. The van der Waals surface area contributed by atoms with Gasteiger partial charge in [-0.3, -0.25) is 9.59 Å². The van der Waals surface area contributed by atoms with E-state index in [2.05, 4.69) is 10.6 Å². The lowest BCUT2D eigenvalue weighted by Crippen LogP contribution is -2.25. The molecule has 0 bridgehead atoms. The van der Waals surface area contributed by atoms with E-state index in [-0.39, 0.29) is 18.2 Å². The van der Waals surface area contributed by atoms with E-state index in [1.165, 1.54) is 0 Å². The Morgan fingerprint density at radius 3 is 2.62 bits per heavy atom. The van der Waals surface area contributed by atoms with Crippen molar-refractivity contribution in [3.05, 3.63) is 58.1 Å². The molecule has 2 aromatic rings. The molecule has 0 aliphatic carbocycles. The summed E-state index contributed by atoms with van der Waals surface area (Å²) in [5.41, 5.74) is 1.06. The maximum absolute atomic E-state index is 12.1. The van der Waals surface area contributed by atoms with Gasteiger partial charge in [-0.1, -0.05) is 29.3 Å². The molecule has 0 aliphatic rings. The van der Waals surface area contributed by atoms with Gasteiger partial charge in [0.05, 0.1) is 11.6 Å². The molecule has 0 fully saturated rings. The van der Waals surface area contributed by atoms with Gasteiger partial charge in [0.1, 0.15) is 5.75 Å². The van der Waals surface area contributed by atoms with Crippen LogP contribution in [0.1, 0.15) is 29.6 Å². The van der Waals surface area contributed by atoms with Crippen molar-refractivity contribution in [2.45, 2.75) is 19.3 Å². The van der Waals surface area contributed by atoms with Gasteiger partial charge >= 0.3 is 0 Å². The van der Waals surface area contributed by atoms with Crippen molar-refractivity contribution in [1.82, 2.24) is 5.32 Å². The van der Waals surface area contributed by atoms with Crippen LogP contribution in [0.25, 0.3) is 0 Å². The Bertz CT molecular complexity index is 830. The third kappa shape index (κ3) is 8.31. The second-order valence-electron chi connectivity index (χ2n) is 6.26. The molecule has 0 unspecified atom stereocenters. The molecule has 0 spiro atoms. The monoisotopic (exact) mass is 438 g/mol. The van der Waals surface area contributed by atoms with Gasteiger partial charge < -0.3 is 20.1 Å². The summed E-state index contributed by atoms with van der Waals surface area (Å²) in [6.45, 7) is 1.46.